The van der Waals surface area contributed by atoms with E-state index in [2.05, 4.69) is 11.1 Å². The molecule has 70 valence electrons. The summed E-state index contributed by atoms with van der Waals surface area (Å²) in [6.07, 6.45) is 0. The van der Waals surface area contributed by atoms with Crippen LogP contribution in [-0.2, 0) is 0 Å². The maximum absolute atomic E-state index is 5.53. The van der Waals surface area contributed by atoms with Gasteiger partial charge in [-0.2, -0.15) is 0 Å². The average Bonchev–Trinajstić information content (AvgIpc) is 2.09. The number of halogens is 1. The minimum atomic E-state index is 0.271. The Balaban J connectivity index is 3.03. The van der Waals surface area contributed by atoms with Gasteiger partial charge in [-0.15, -0.1) is 11.6 Å². The number of aliphatic imine (C=N–C) groups is 1. The molecule has 2 N–H and O–H groups in total. The number of nitrogens with zero attached hydrogens (tertiary/aromatic N) is 1. The molecule has 1 aromatic rings. The van der Waals surface area contributed by atoms with Crippen LogP contribution in [0, 0.1) is 13.8 Å². The van der Waals surface area contributed by atoms with Gasteiger partial charge in [-0.1, -0.05) is 17.7 Å². The Hall–Kier alpha value is -1.02. The van der Waals surface area contributed by atoms with Crippen molar-refractivity contribution in [3.63, 3.8) is 0 Å². The van der Waals surface area contributed by atoms with E-state index in [4.69, 9.17) is 17.3 Å². The summed E-state index contributed by atoms with van der Waals surface area (Å²) in [6, 6.07) is 6.03. The van der Waals surface area contributed by atoms with Crippen LogP contribution >= 0.6 is 11.6 Å². The van der Waals surface area contributed by atoms with Gasteiger partial charge in [-0.05, 0) is 25.5 Å². The molecular formula is C10H13ClN2. The summed E-state index contributed by atoms with van der Waals surface area (Å²) in [5.41, 5.74) is 8.76. The van der Waals surface area contributed by atoms with Crippen LogP contribution in [0.25, 0.3) is 0 Å². The van der Waals surface area contributed by atoms with Gasteiger partial charge < -0.3 is 5.73 Å². The molecule has 0 atom stereocenters. The van der Waals surface area contributed by atoms with Crippen molar-refractivity contribution in [2.75, 3.05) is 5.88 Å². The molecule has 0 aliphatic rings. The Kier molecular flexibility index (Phi) is 3.32. The minimum absolute atomic E-state index is 0.271. The van der Waals surface area contributed by atoms with E-state index in [-0.39, 0.29) is 5.88 Å². The number of benzene rings is 1. The highest BCUT2D eigenvalue weighted by molar-refractivity contribution is 6.28. The molecule has 0 saturated carbocycles. The number of hydrogen-bond donors (Lipinski definition) is 1. The van der Waals surface area contributed by atoms with Crippen LogP contribution in [0.5, 0.6) is 0 Å². The van der Waals surface area contributed by atoms with Crippen LogP contribution < -0.4 is 5.73 Å². The van der Waals surface area contributed by atoms with E-state index in [0.717, 1.165) is 11.3 Å². The molecule has 0 unspecified atom stereocenters. The third-order valence-electron chi connectivity index (χ3n) is 1.75. The normalized spacial score (nSPS) is 11.8. The molecule has 2 nitrogen and oxygen atoms in total. The fourth-order valence-electron chi connectivity index (χ4n) is 1.12. The van der Waals surface area contributed by atoms with Crippen molar-refractivity contribution in [2.45, 2.75) is 13.8 Å². The Bertz CT molecular complexity index is 332. The van der Waals surface area contributed by atoms with Crippen LogP contribution in [0.1, 0.15) is 11.1 Å². The third kappa shape index (κ3) is 2.74. The summed E-state index contributed by atoms with van der Waals surface area (Å²) in [7, 11) is 0. The van der Waals surface area contributed by atoms with Gasteiger partial charge in [0, 0.05) is 0 Å². The Morgan fingerprint density at radius 3 is 2.69 bits per heavy atom. The first kappa shape index (κ1) is 10.1. The lowest BCUT2D eigenvalue weighted by molar-refractivity contribution is 1.33. The maximum atomic E-state index is 5.53. The van der Waals surface area contributed by atoms with E-state index in [9.17, 15) is 0 Å². The molecule has 0 aliphatic heterocycles. The highest BCUT2D eigenvalue weighted by atomic mass is 35.5. The van der Waals surface area contributed by atoms with Crippen molar-refractivity contribution in [1.82, 2.24) is 0 Å². The second kappa shape index (κ2) is 4.28. The van der Waals surface area contributed by atoms with Crippen LogP contribution in [0.2, 0.25) is 0 Å². The predicted octanol–water partition coefficient (Wildman–Crippen LogP) is 2.53. The number of aryl methyl sites for hydroxylation is 2. The smallest absolute Gasteiger partial charge is 0.115 e. The van der Waals surface area contributed by atoms with E-state index >= 15 is 0 Å². The molecule has 0 aliphatic carbocycles. The fraction of sp³-hybridized carbons (Fsp3) is 0.300. The molecule has 0 heterocycles. The highest BCUT2D eigenvalue weighted by Crippen LogP contribution is 2.19. The lowest BCUT2D eigenvalue weighted by Crippen LogP contribution is -2.12. The predicted molar refractivity (Wildman–Crippen MR) is 57.9 cm³/mol. The zero-order valence-electron chi connectivity index (χ0n) is 7.84. The van der Waals surface area contributed by atoms with Gasteiger partial charge in [-0.25, -0.2) is 4.99 Å². The quantitative estimate of drug-likeness (QED) is 0.441. The summed E-state index contributed by atoms with van der Waals surface area (Å²) in [4.78, 5) is 4.18. The van der Waals surface area contributed by atoms with E-state index < -0.39 is 0 Å². The number of alkyl halides is 1. The average molecular weight is 197 g/mol. The topological polar surface area (TPSA) is 38.4 Å². The molecule has 0 spiro atoms. The molecule has 0 saturated heterocycles. The second-order valence-corrected chi connectivity index (χ2v) is 3.29. The lowest BCUT2D eigenvalue weighted by atomic mass is 10.1. The summed E-state index contributed by atoms with van der Waals surface area (Å²) in [5, 5.41) is 0. The molecular weight excluding hydrogens is 184 g/mol. The van der Waals surface area contributed by atoms with E-state index in [1.165, 1.54) is 5.56 Å². The third-order valence-corrected chi connectivity index (χ3v) is 2.03. The molecule has 13 heavy (non-hydrogen) atoms. The first-order valence-electron chi connectivity index (χ1n) is 4.09. The number of rotatable bonds is 2. The van der Waals surface area contributed by atoms with Crippen molar-refractivity contribution in [2.24, 2.45) is 10.7 Å². The fourth-order valence-corrected chi connectivity index (χ4v) is 1.18. The summed E-state index contributed by atoms with van der Waals surface area (Å²) in [5.74, 6) is 0.724. The zero-order valence-corrected chi connectivity index (χ0v) is 8.60. The first-order chi connectivity index (χ1) is 6.13. The van der Waals surface area contributed by atoms with Gasteiger partial charge in [0.25, 0.3) is 0 Å². The minimum Gasteiger partial charge on any atom is -0.386 e. The molecule has 0 fully saturated rings. The summed E-state index contributed by atoms with van der Waals surface area (Å²) in [6.45, 7) is 4.05. The van der Waals surface area contributed by atoms with Crippen molar-refractivity contribution in [1.29, 1.82) is 0 Å². The highest BCUT2D eigenvalue weighted by Gasteiger charge is 1.97. The van der Waals surface area contributed by atoms with Gasteiger partial charge >= 0.3 is 0 Å². The molecule has 0 radical (unpaired) electrons. The van der Waals surface area contributed by atoms with Crippen molar-refractivity contribution >= 4 is 23.1 Å². The van der Waals surface area contributed by atoms with Gasteiger partial charge in [0.2, 0.25) is 0 Å². The Labute approximate surface area is 83.4 Å². The van der Waals surface area contributed by atoms with Crippen molar-refractivity contribution in [3.05, 3.63) is 29.3 Å². The Morgan fingerprint density at radius 1 is 1.46 bits per heavy atom. The van der Waals surface area contributed by atoms with Crippen molar-refractivity contribution in [3.8, 4) is 0 Å². The monoisotopic (exact) mass is 196 g/mol. The van der Waals surface area contributed by atoms with Crippen LogP contribution in [0.3, 0.4) is 0 Å². The molecule has 0 bridgehead atoms. The maximum Gasteiger partial charge on any atom is 0.115 e. The van der Waals surface area contributed by atoms with Crippen LogP contribution in [0.4, 0.5) is 5.69 Å². The number of hydrogen-bond acceptors (Lipinski definition) is 1. The molecule has 1 rings (SSSR count). The SMILES string of the molecule is Cc1ccc(N=C(N)CCl)c(C)c1. The summed E-state index contributed by atoms with van der Waals surface area (Å²) < 4.78 is 0. The Morgan fingerprint density at radius 2 is 2.15 bits per heavy atom. The second-order valence-electron chi connectivity index (χ2n) is 3.03. The van der Waals surface area contributed by atoms with E-state index in [1.54, 1.807) is 0 Å². The standard InChI is InChI=1S/C10H13ClN2/c1-7-3-4-9(8(2)5-7)13-10(12)6-11/h3-5H,6H2,1-2H3,(H2,12,13). The molecule has 3 heteroatoms. The van der Waals surface area contributed by atoms with E-state index in [1.807, 2.05) is 26.0 Å². The van der Waals surface area contributed by atoms with Gasteiger partial charge in [0.15, 0.2) is 0 Å². The number of nitrogens with two attached hydrogens (primary N) is 1. The molecule has 1 aromatic carbocycles. The van der Waals surface area contributed by atoms with Crippen molar-refractivity contribution < 1.29 is 0 Å². The zero-order chi connectivity index (χ0) is 9.84. The summed E-state index contributed by atoms with van der Waals surface area (Å²) >= 11 is 5.53. The molecule has 0 aromatic heterocycles. The van der Waals surface area contributed by atoms with Crippen LogP contribution in [0.15, 0.2) is 23.2 Å². The van der Waals surface area contributed by atoms with Gasteiger partial charge in [-0.3, -0.25) is 0 Å². The lowest BCUT2D eigenvalue weighted by Gasteiger charge is -2.02. The van der Waals surface area contributed by atoms with Gasteiger partial charge in [0.1, 0.15) is 5.84 Å². The van der Waals surface area contributed by atoms with E-state index in [0.29, 0.717) is 5.84 Å². The first-order valence-corrected chi connectivity index (χ1v) is 4.63. The largest absolute Gasteiger partial charge is 0.386 e. The van der Waals surface area contributed by atoms with Crippen LogP contribution in [-0.4, -0.2) is 11.7 Å². The van der Waals surface area contributed by atoms with Gasteiger partial charge in [0.05, 0.1) is 11.6 Å². The molecule has 0 amide bonds. The number of amidine groups is 1.